The highest BCUT2D eigenvalue weighted by molar-refractivity contribution is 6.21. The van der Waals surface area contributed by atoms with Gasteiger partial charge in [0.15, 0.2) is 0 Å². The standard InChI is InChI=1S/C19H20Cl2O/c20-18(15-7-3-1-4-8-15)13-11-17(22)12-14-19(21)16-9-5-2-6-10-16/h1-10,18-19H,11-14H2. The van der Waals surface area contributed by atoms with Crippen LogP contribution in [0.4, 0.5) is 0 Å². The number of carbonyl (C=O) groups excluding carboxylic acids is 1. The molecule has 22 heavy (non-hydrogen) atoms. The van der Waals surface area contributed by atoms with E-state index in [0.717, 1.165) is 11.1 Å². The Morgan fingerprint density at radius 2 is 1.09 bits per heavy atom. The first-order chi connectivity index (χ1) is 10.7. The summed E-state index contributed by atoms with van der Waals surface area (Å²) in [4.78, 5) is 12.0. The van der Waals surface area contributed by atoms with E-state index < -0.39 is 0 Å². The van der Waals surface area contributed by atoms with Crippen LogP contribution in [0.3, 0.4) is 0 Å². The van der Waals surface area contributed by atoms with E-state index in [2.05, 4.69) is 0 Å². The molecule has 0 saturated heterocycles. The molecule has 2 aromatic carbocycles. The molecule has 0 aliphatic carbocycles. The van der Waals surface area contributed by atoms with Crippen molar-refractivity contribution in [2.75, 3.05) is 0 Å². The molecule has 0 amide bonds. The molecule has 0 saturated carbocycles. The van der Waals surface area contributed by atoms with Gasteiger partial charge in [-0.2, -0.15) is 0 Å². The zero-order chi connectivity index (χ0) is 15.8. The lowest BCUT2D eigenvalue weighted by Crippen LogP contribution is -2.02. The first-order valence-corrected chi connectivity index (χ1v) is 8.44. The molecule has 0 aromatic heterocycles. The third-order valence-electron chi connectivity index (χ3n) is 3.68. The number of rotatable bonds is 8. The van der Waals surface area contributed by atoms with E-state index >= 15 is 0 Å². The Balaban J connectivity index is 1.72. The second-order valence-corrected chi connectivity index (χ2v) is 6.43. The highest BCUT2D eigenvalue weighted by atomic mass is 35.5. The van der Waals surface area contributed by atoms with Gasteiger partial charge < -0.3 is 0 Å². The van der Waals surface area contributed by atoms with E-state index in [4.69, 9.17) is 23.2 Å². The molecular weight excluding hydrogens is 315 g/mol. The Morgan fingerprint density at radius 3 is 1.45 bits per heavy atom. The molecule has 2 rings (SSSR count). The van der Waals surface area contributed by atoms with Crippen LogP contribution in [0.25, 0.3) is 0 Å². The summed E-state index contributed by atoms with van der Waals surface area (Å²) in [6, 6.07) is 19.7. The smallest absolute Gasteiger partial charge is 0.133 e. The second-order valence-electron chi connectivity index (χ2n) is 5.37. The molecule has 0 heterocycles. The summed E-state index contributed by atoms with van der Waals surface area (Å²) in [5.41, 5.74) is 2.13. The average Bonchev–Trinajstić information content (AvgIpc) is 2.59. The SMILES string of the molecule is O=C(CCC(Cl)c1ccccc1)CCC(Cl)c1ccccc1. The molecule has 0 aliphatic heterocycles. The van der Waals surface area contributed by atoms with Crippen molar-refractivity contribution in [3.8, 4) is 0 Å². The predicted molar refractivity (Wildman–Crippen MR) is 93.5 cm³/mol. The Bertz CT molecular complexity index is 517. The summed E-state index contributed by atoms with van der Waals surface area (Å²) in [5, 5.41) is -0.211. The lowest BCUT2D eigenvalue weighted by Gasteiger charge is -2.11. The van der Waals surface area contributed by atoms with Crippen molar-refractivity contribution >= 4 is 29.0 Å². The Kier molecular flexibility index (Phi) is 6.95. The third-order valence-corrected chi connectivity index (χ3v) is 4.62. The quantitative estimate of drug-likeness (QED) is 0.535. The fourth-order valence-electron chi connectivity index (χ4n) is 2.36. The van der Waals surface area contributed by atoms with Crippen LogP contribution in [-0.4, -0.2) is 5.78 Å². The number of Topliss-reactive ketones (excluding diaryl/α,β-unsaturated/α-hetero) is 1. The molecule has 2 atom stereocenters. The third kappa shape index (κ3) is 5.47. The van der Waals surface area contributed by atoms with E-state index in [0.29, 0.717) is 25.7 Å². The van der Waals surface area contributed by atoms with Crippen LogP contribution in [0, 0.1) is 0 Å². The first-order valence-electron chi connectivity index (χ1n) is 7.56. The Hall–Kier alpha value is -1.31. The van der Waals surface area contributed by atoms with Crippen LogP contribution in [0.2, 0.25) is 0 Å². The highest BCUT2D eigenvalue weighted by Gasteiger charge is 2.13. The monoisotopic (exact) mass is 334 g/mol. The van der Waals surface area contributed by atoms with Crippen LogP contribution in [0.5, 0.6) is 0 Å². The number of halogens is 2. The summed E-state index contributed by atoms with van der Waals surface area (Å²) in [6.07, 6.45) is 2.34. The lowest BCUT2D eigenvalue weighted by molar-refractivity contribution is -0.119. The summed E-state index contributed by atoms with van der Waals surface area (Å²) in [6.45, 7) is 0. The van der Waals surface area contributed by atoms with Gasteiger partial charge in [-0.25, -0.2) is 0 Å². The van der Waals surface area contributed by atoms with Gasteiger partial charge in [0.25, 0.3) is 0 Å². The number of ketones is 1. The fraction of sp³-hybridized carbons (Fsp3) is 0.316. The van der Waals surface area contributed by atoms with Gasteiger partial charge in [-0.15, -0.1) is 23.2 Å². The number of carbonyl (C=O) groups is 1. The number of hydrogen-bond acceptors (Lipinski definition) is 1. The maximum atomic E-state index is 12.0. The van der Waals surface area contributed by atoms with Gasteiger partial charge in [0, 0.05) is 12.8 Å². The predicted octanol–water partition coefficient (Wildman–Crippen LogP) is 6.08. The Labute approximate surface area is 142 Å². The molecule has 3 heteroatoms. The molecule has 2 aromatic rings. The second kappa shape index (κ2) is 8.97. The zero-order valence-corrected chi connectivity index (χ0v) is 13.9. The minimum Gasteiger partial charge on any atom is -0.300 e. The van der Waals surface area contributed by atoms with E-state index in [1.165, 1.54) is 0 Å². The molecule has 2 unspecified atom stereocenters. The number of alkyl halides is 2. The zero-order valence-electron chi connectivity index (χ0n) is 12.4. The minimum atomic E-state index is -0.105. The molecule has 0 spiro atoms. The Morgan fingerprint density at radius 1 is 0.727 bits per heavy atom. The fourth-order valence-corrected chi connectivity index (χ4v) is 2.87. The maximum absolute atomic E-state index is 12.0. The van der Waals surface area contributed by atoms with Crippen molar-refractivity contribution in [2.45, 2.75) is 36.4 Å². The summed E-state index contributed by atoms with van der Waals surface area (Å²) >= 11 is 12.7. The van der Waals surface area contributed by atoms with Crippen molar-refractivity contribution in [1.82, 2.24) is 0 Å². The van der Waals surface area contributed by atoms with Crippen molar-refractivity contribution in [3.05, 3.63) is 71.8 Å². The van der Waals surface area contributed by atoms with Crippen molar-refractivity contribution in [2.24, 2.45) is 0 Å². The van der Waals surface area contributed by atoms with Gasteiger partial charge >= 0.3 is 0 Å². The van der Waals surface area contributed by atoms with Crippen LogP contribution in [0.15, 0.2) is 60.7 Å². The van der Waals surface area contributed by atoms with Crippen LogP contribution >= 0.6 is 23.2 Å². The van der Waals surface area contributed by atoms with Crippen molar-refractivity contribution in [1.29, 1.82) is 0 Å². The maximum Gasteiger partial charge on any atom is 0.133 e. The van der Waals surface area contributed by atoms with Crippen LogP contribution < -0.4 is 0 Å². The molecular formula is C19H20Cl2O. The van der Waals surface area contributed by atoms with Crippen molar-refractivity contribution < 1.29 is 4.79 Å². The summed E-state index contributed by atoms with van der Waals surface area (Å²) < 4.78 is 0. The summed E-state index contributed by atoms with van der Waals surface area (Å²) in [5.74, 6) is 0.225. The molecule has 0 fully saturated rings. The molecule has 0 bridgehead atoms. The van der Waals surface area contributed by atoms with Gasteiger partial charge in [0.2, 0.25) is 0 Å². The highest BCUT2D eigenvalue weighted by Crippen LogP contribution is 2.28. The number of benzene rings is 2. The van der Waals surface area contributed by atoms with Gasteiger partial charge in [0.1, 0.15) is 5.78 Å². The van der Waals surface area contributed by atoms with Crippen LogP contribution in [-0.2, 0) is 4.79 Å². The molecule has 0 aliphatic rings. The van der Waals surface area contributed by atoms with E-state index in [9.17, 15) is 4.79 Å². The largest absolute Gasteiger partial charge is 0.300 e. The molecule has 0 radical (unpaired) electrons. The topological polar surface area (TPSA) is 17.1 Å². The first kappa shape index (κ1) is 17.1. The van der Waals surface area contributed by atoms with Crippen LogP contribution in [0.1, 0.15) is 47.6 Å². The van der Waals surface area contributed by atoms with Gasteiger partial charge in [-0.3, -0.25) is 4.79 Å². The number of hydrogen-bond donors (Lipinski definition) is 0. The van der Waals surface area contributed by atoms with E-state index in [-0.39, 0.29) is 16.5 Å². The molecule has 1 nitrogen and oxygen atoms in total. The van der Waals surface area contributed by atoms with Gasteiger partial charge in [0.05, 0.1) is 10.8 Å². The van der Waals surface area contributed by atoms with Crippen molar-refractivity contribution in [3.63, 3.8) is 0 Å². The molecule has 116 valence electrons. The summed E-state index contributed by atoms with van der Waals surface area (Å²) in [7, 11) is 0. The lowest BCUT2D eigenvalue weighted by atomic mass is 10.0. The normalized spacial score (nSPS) is 13.5. The van der Waals surface area contributed by atoms with Gasteiger partial charge in [-0.05, 0) is 24.0 Å². The molecule has 0 N–H and O–H groups in total. The van der Waals surface area contributed by atoms with E-state index in [1.54, 1.807) is 0 Å². The van der Waals surface area contributed by atoms with E-state index in [1.807, 2.05) is 60.7 Å². The minimum absolute atomic E-state index is 0.105. The van der Waals surface area contributed by atoms with Gasteiger partial charge in [-0.1, -0.05) is 60.7 Å². The average molecular weight is 335 g/mol.